The fourth-order valence-corrected chi connectivity index (χ4v) is 5.49. The van der Waals surface area contributed by atoms with Crippen molar-refractivity contribution in [1.82, 2.24) is 9.80 Å². The summed E-state index contributed by atoms with van der Waals surface area (Å²) in [5.74, 6) is 1.64. The summed E-state index contributed by atoms with van der Waals surface area (Å²) in [6.07, 6.45) is 3.62. The number of aryl methyl sites for hydroxylation is 1. The molecule has 0 aromatic heterocycles. The number of nitrogens with one attached hydrogen (secondary N) is 2. The lowest BCUT2D eigenvalue weighted by molar-refractivity contribution is -0.139. The number of carbonyl (C=O) groups is 2. The van der Waals surface area contributed by atoms with E-state index in [1.165, 1.54) is 0 Å². The predicted molar refractivity (Wildman–Crippen MR) is 142 cm³/mol. The monoisotopic (exact) mass is 494 g/mol. The lowest BCUT2D eigenvalue weighted by Crippen LogP contribution is -2.55. The Kier molecular flexibility index (Phi) is 5.41. The van der Waals surface area contributed by atoms with Gasteiger partial charge in [0.25, 0.3) is 5.91 Å². The van der Waals surface area contributed by atoms with Crippen LogP contribution >= 0.6 is 0 Å². The number of hydrogen-bond donors (Lipinski definition) is 2. The van der Waals surface area contributed by atoms with E-state index >= 15 is 0 Å². The summed E-state index contributed by atoms with van der Waals surface area (Å²) in [7, 11) is 1.77. The number of likely N-dealkylation sites (tertiary alicyclic amines) is 1. The molecular formula is C29H30N6O2. The third kappa shape index (κ3) is 3.99. The van der Waals surface area contributed by atoms with E-state index in [9.17, 15) is 14.9 Å². The molecule has 2 N–H and O–H groups in total. The number of nitrogens with zero attached hydrogens (tertiary/aromatic N) is 4. The molecule has 2 aliphatic heterocycles. The molecule has 8 nitrogen and oxygen atoms in total. The fourth-order valence-electron chi connectivity index (χ4n) is 5.49. The van der Waals surface area contributed by atoms with Crippen LogP contribution in [0.1, 0.15) is 42.4 Å². The van der Waals surface area contributed by atoms with Crippen LogP contribution in [0.15, 0.2) is 41.4 Å². The van der Waals surface area contributed by atoms with Gasteiger partial charge in [0.05, 0.1) is 0 Å². The second-order valence-corrected chi connectivity index (χ2v) is 10.8. The first-order valence-corrected chi connectivity index (χ1v) is 13.0. The van der Waals surface area contributed by atoms with E-state index in [-0.39, 0.29) is 29.4 Å². The fraction of sp³-hybridized carbons (Fsp3) is 0.414. The highest BCUT2D eigenvalue weighted by atomic mass is 16.2. The molecule has 2 saturated carbocycles. The van der Waals surface area contributed by atoms with Crippen molar-refractivity contribution in [3.05, 3.63) is 53.1 Å². The highest BCUT2D eigenvalue weighted by Crippen LogP contribution is 2.46. The number of rotatable bonds is 7. The summed E-state index contributed by atoms with van der Waals surface area (Å²) in [4.78, 5) is 34.4. The van der Waals surface area contributed by atoms with Crippen molar-refractivity contribution < 1.29 is 9.59 Å². The van der Waals surface area contributed by atoms with E-state index in [4.69, 9.17) is 10.4 Å². The SMILES string of the molecule is CNc1ccc(-c2ccc(C3=NC4(CC4)C(=O)N3CC3CN(C(=O)C4CC4)C3)c(C)c2)cc1C(=N)C#N. The molecule has 2 aliphatic carbocycles. The lowest BCUT2D eigenvalue weighted by Gasteiger charge is -2.41. The topological polar surface area (TPSA) is 113 Å². The van der Waals surface area contributed by atoms with Crippen LogP contribution in [0.3, 0.4) is 0 Å². The number of benzene rings is 2. The second kappa shape index (κ2) is 8.55. The van der Waals surface area contributed by atoms with Gasteiger partial charge >= 0.3 is 0 Å². The average molecular weight is 495 g/mol. The first kappa shape index (κ1) is 23.4. The van der Waals surface area contributed by atoms with Crippen molar-refractivity contribution >= 4 is 29.0 Å². The standard InChI is InChI=1S/C29H30N6O2/c1-17-11-20(21-6-8-25(32-2)23(12-21)24(31)13-30)5-7-22(17)26-33-29(9-10-29)28(37)35(26)16-18-14-34(15-18)27(36)19-3-4-19/h5-8,11-12,18-19,31-32H,3-4,9-10,14-16H2,1-2H3. The quantitative estimate of drug-likeness (QED) is 0.573. The third-order valence-corrected chi connectivity index (χ3v) is 8.05. The molecule has 0 atom stereocenters. The Morgan fingerprint density at radius 2 is 1.89 bits per heavy atom. The van der Waals surface area contributed by atoms with Crippen LogP contribution in [0.2, 0.25) is 0 Å². The number of amidine groups is 1. The molecule has 188 valence electrons. The van der Waals surface area contributed by atoms with Gasteiger partial charge in [-0.3, -0.25) is 24.9 Å². The van der Waals surface area contributed by atoms with Gasteiger partial charge in [-0.25, -0.2) is 0 Å². The average Bonchev–Trinajstić information content (AvgIpc) is 3.80. The van der Waals surface area contributed by atoms with Crippen LogP contribution in [0.4, 0.5) is 5.69 Å². The number of amides is 2. The molecule has 2 amide bonds. The minimum Gasteiger partial charge on any atom is -0.388 e. The normalized spacial score (nSPS) is 19.9. The number of carbonyl (C=O) groups excluding carboxylic acids is 2. The maximum absolute atomic E-state index is 13.4. The Balaban J connectivity index is 1.25. The molecule has 2 aromatic carbocycles. The highest BCUT2D eigenvalue weighted by molar-refractivity contribution is 6.17. The van der Waals surface area contributed by atoms with Gasteiger partial charge in [-0.2, -0.15) is 5.26 Å². The van der Waals surface area contributed by atoms with Gasteiger partial charge in [0.2, 0.25) is 5.91 Å². The smallest absolute Gasteiger partial charge is 0.256 e. The predicted octanol–water partition coefficient (Wildman–Crippen LogP) is 3.58. The van der Waals surface area contributed by atoms with Crippen LogP contribution in [-0.2, 0) is 9.59 Å². The van der Waals surface area contributed by atoms with Crippen molar-refractivity contribution in [2.24, 2.45) is 16.8 Å². The molecular weight excluding hydrogens is 464 g/mol. The molecule has 0 unspecified atom stereocenters. The molecule has 0 bridgehead atoms. The van der Waals surface area contributed by atoms with Crippen LogP contribution in [-0.4, -0.2) is 65.4 Å². The Bertz CT molecular complexity index is 1410. The maximum Gasteiger partial charge on any atom is 0.256 e. The minimum atomic E-state index is -0.580. The Morgan fingerprint density at radius 1 is 1.19 bits per heavy atom. The summed E-state index contributed by atoms with van der Waals surface area (Å²) in [5, 5.41) is 20.3. The first-order chi connectivity index (χ1) is 17.8. The summed E-state index contributed by atoms with van der Waals surface area (Å²) in [5.41, 5.74) is 4.48. The highest BCUT2D eigenvalue weighted by Gasteiger charge is 2.58. The van der Waals surface area contributed by atoms with Crippen LogP contribution in [0.25, 0.3) is 11.1 Å². The number of anilines is 1. The molecule has 0 radical (unpaired) electrons. The molecule has 3 fully saturated rings. The number of nitriles is 1. The van der Waals surface area contributed by atoms with Gasteiger partial charge in [-0.05, 0) is 61.4 Å². The van der Waals surface area contributed by atoms with Crippen molar-refractivity contribution in [3.63, 3.8) is 0 Å². The molecule has 1 saturated heterocycles. The maximum atomic E-state index is 13.4. The van der Waals surface area contributed by atoms with Crippen molar-refractivity contribution in [3.8, 4) is 17.2 Å². The summed E-state index contributed by atoms with van der Waals surface area (Å²) >= 11 is 0. The number of hydrogen-bond acceptors (Lipinski definition) is 6. The van der Waals surface area contributed by atoms with Gasteiger partial charge < -0.3 is 10.2 Å². The molecule has 8 heteroatoms. The van der Waals surface area contributed by atoms with Crippen molar-refractivity contribution in [1.29, 1.82) is 10.7 Å². The number of aliphatic imine (C=N–C) groups is 1. The molecule has 1 spiro atoms. The second-order valence-electron chi connectivity index (χ2n) is 10.8. The van der Waals surface area contributed by atoms with Gasteiger partial charge in [-0.15, -0.1) is 0 Å². The van der Waals surface area contributed by atoms with E-state index < -0.39 is 5.54 Å². The third-order valence-electron chi connectivity index (χ3n) is 8.05. The van der Waals surface area contributed by atoms with E-state index in [0.717, 1.165) is 72.5 Å². The molecule has 4 aliphatic rings. The van der Waals surface area contributed by atoms with Crippen molar-refractivity contribution in [2.45, 2.75) is 38.1 Å². The molecule has 2 heterocycles. The van der Waals surface area contributed by atoms with Crippen LogP contribution in [0, 0.1) is 35.5 Å². The van der Waals surface area contributed by atoms with Crippen LogP contribution in [0.5, 0.6) is 0 Å². The Hall–Kier alpha value is -3.99. The zero-order chi connectivity index (χ0) is 25.9. The molecule has 37 heavy (non-hydrogen) atoms. The largest absolute Gasteiger partial charge is 0.388 e. The van der Waals surface area contributed by atoms with Crippen molar-refractivity contribution in [2.75, 3.05) is 32.0 Å². The molecule has 2 aromatic rings. The lowest BCUT2D eigenvalue weighted by atomic mass is 9.95. The van der Waals surface area contributed by atoms with Gasteiger partial charge in [0.15, 0.2) is 0 Å². The summed E-state index contributed by atoms with van der Waals surface area (Å²) in [6.45, 7) is 4.07. The first-order valence-electron chi connectivity index (χ1n) is 13.0. The minimum absolute atomic E-state index is 0.0860. The summed E-state index contributed by atoms with van der Waals surface area (Å²) in [6, 6.07) is 13.8. The van der Waals surface area contributed by atoms with Gasteiger partial charge in [-0.1, -0.05) is 24.3 Å². The van der Waals surface area contributed by atoms with E-state index in [0.29, 0.717) is 12.1 Å². The van der Waals surface area contributed by atoms with E-state index in [1.807, 2.05) is 53.1 Å². The zero-order valence-corrected chi connectivity index (χ0v) is 21.2. The van der Waals surface area contributed by atoms with Crippen LogP contribution < -0.4 is 5.32 Å². The molecule has 6 rings (SSSR count). The Labute approximate surface area is 216 Å². The zero-order valence-electron chi connectivity index (χ0n) is 21.2. The summed E-state index contributed by atoms with van der Waals surface area (Å²) < 4.78 is 0. The van der Waals surface area contributed by atoms with Gasteiger partial charge in [0, 0.05) is 55.3 Å². The Morgan fingerprint density at radius 3 is 2.51 bits per heavy atom. The van der Waals surface area contributed by atoms with E-state index in [1.54, 1.807) is 7.05 Å². The van der Waals surface area contributed by atoms with E-state index in [2.05, 4.69) is 11.4 Å². The van der Waals surface area contributed by atoms with Gasteiger partial charge in [0.1, 0.15) is 23.2 Å².